The summed E-state index contributed by atoms with van der Waals surface area (Å²) in [6.45, 7) is 9.11. The van der Waals surface area contributed by atoms with Crippen LogP contribution < -0.4 is 61.6 Å². The zero-order valence-electron chi connectivity index (χ0n) is 55.2. The first kappa shape index (κ1) is 99.6. The number of amides is 10. The summed E-state index contributed by atoms with van der Waals surface area (Å²) in [5.41, 5.74) is 34.9. The Morgan fingerprint density at radius 2 is 0.533 bits per heavy atom. The van der Waals surface area contributed by atoms with Gasteiger partial charge < -0.3 is 56.0 Å². The average Bonchev–Trinajstić information content (AvgIpc) is 3.43. The third kappa shape index (κ3) is 171. The number of allylic oxidation sites excluding steroid dienone is 6. The molecule has 0 aromatic carbocycles. The Labute approximate surface area is 539 Å². The van der Waals surface area contributed by atoms with Crippen molar-refractivity contribution < 1.29 is 61.9 Å². The lowest BCUT2D eigenvalue weighted by molar-refractivity contribution is -0.742. The largest absolute Gasteiger partial charge is 0.394 e. The Bertz CT molecular complexity index is 1690. The molecule has 0 radical (unpaired) electrons. The van der Waals surface area contributed by atoms with Crippen molar-refractivity contribution in [1.82, 2.24) is 21.5 Å². The monoisotopic (exact) mass is 1320 g/mol. The van der Waals surface area contributed by atoms with Gasteiger partial charge in [-0.05, 0) is 103 Å². The van der Waals surface area contributed by atoms with Crippen LogP contribution in [-0.2, 0) is 10.4 Å². The van der Waals surface area contributed by atoms with E-state index in [4.69, 9.17) is 54.8 Å². The lowest BCUT2D eigenvalue weighted by atomic mass is 10.1. The normalized spacial score (nSPS) is 10.2. The van der Waals surface area contributed by atoms with Crippen LogP contribution in [0.3, 0.4) is 0 Å². The highest BCUT2D eigenvalue weighted by Gasteiger charge is 1.99. The zero-order chi connectivity index (χ0) is 70.0. The van der Waals surface area contributed by atoms with Gasteiger partial charge in [0.25, 0.3) is 5.09 Å². The number of carbonyl (C=O) groups excluding carboxylic acids is 5. The number of primary amides is 6. The second kappa shape index (κ2) is 88.8. The van der Waals surface area contributed by atoms with E-state index in [9.17, 15) is 39.4 Å². The molecular formula is C59H126N14O16S. The van der Waals surface area contributed by atoms with E-state index in [0.717, 1.165) is 32.5 Å². The summed E-state index contributed by atoms with van der Waals surface area (Å²) in [6, 6.07) is -3.98. The summed E-state index contributed by atoms with van der Waals surface area (Å²) in [7, 11) is -4.67. The van der Waals surface area contributed by atoms with Gasteiger partial charge in [0.1, 0.15) is 0 Å². The van der Waals surface area contributed by atoms with Gasteiger partial charge in [-0.2, -0.15) is 8.42 Å². The molecule has 0 fully saturated rings. The third-order valence-corrected chi connectivity index (χ3v) is 12.1. The van der Waals surface area contributed by atoms with E-state index in [-0.39, 0.29) is 0 Å². The first-order valence-electron chi connectivity index (χ1n) is 32.4. The Hall–Kier alpha value is -6.60. The van der Waals surface area contributed by atoms with Gasteiger partial charge in [0, 0.05) is 13.1 Å². The van der Waals surface area contributed by atoms with Gasteiger partial charge in [-0.25, -0.2) is 44.2 Å². The lowest BCUT2D eigenvalue weighted by Crippen LogP contribution is -2.33. The number of nitrogens with two attached hydrogens (primary N) is 7. The Balaban J connectivity index is -0.000000155. The molecule has 21 N–H and O–H groups in total. The molecule has 0 bridgehead atoms. The van der Waals surface area contributed by atoms with Gasteiger partial charge >= 0.3 is 40.6 Å². The SMILES string of the molecule is CCCCCCCC/C=C\CCCCCCCCN.CCCCCCCC/C=C\CCCCCCCCNC(N)=O.CCCCCCCC/C=C\CCCCCCCCNC(N)=O.NC(=O)N[N+](=O)[O-].NC(=O)N[N+](=O)[O-].NC(N)=O.O=S(=O)(O)O.O=[N+]([O-])O. The molecule has 0 aliphatic heterocycles. The number of hydrogen-bond acceptors (Lipinski definition) is 14. The molecule has 31 heteroatoms. The summed E-state index contributed by atoms with van der Waals surface area (Å²) in [4.78, 5) is 75.7. The van der Waals surface area contributed by atoms with Crippen LogP contribution in [0, 0.1) is 30.3 Å². The van der Waals surface area contributed by atoms with Crippen LogP contribution >= 0.6 is 0 Å². The minimum absolute atomic E-state index is 0.409. The quantitative estimate of drug-likeness (QED) is 0.00884. The van der Waals surface area contributed by atoms with E-state index in [1.807, 2.05) is 0 Å². The minimum atomic E-state index is -4.67. The molecule has 10 amide bonds. The summed E-state index contributed by atoms with van der Waals surface area (Å²) in [5.74, 6) is 0. The van der Waals surface area contributed by atoms with Crippen molar-refractivity contribution in [2.75, 3.05) is 19.6 Å². The van der Waals surface area contributed by atoms with Crippen LogP contribution in [-0.4, -0.2) is 87.7 Å². The van der Waals surface area contributed by atoms with E-state index in [2.05, 4.69) is 90.8 Å². The van der Waals surface area contributed by atoms with Crippen molar-refractivity contribution >= 4 is 40.6 Å². The molecule has 0 spiro atoms. The highest BCUT2D eigenvalue weighted by atomic mass is 32.3. The van der Waals surface area contributed by atoms with E-state index in [0.29, 0.717) is 0 Å². The number of rotatable bonds is 49. The number of hydrogen-bond donors (Lipinski definition) is 14. The Morgan fingerprint density at radius 3 is 0.678 bits per heavy atom. The highest BCUT2D eigenvalue weighted by molar-refractivity contribution is 7.79. The topological polar surface area (TPSA) is 540 Å². The van der Waals surface area contributed by atoms with Crippen molar-refractivity contribution in [3.05, 3.63) is 66.8 Å². The van der Waals surface area contributed by atoms with Gasteiger partial charge in [0.2, 0.25) is 0 Å². The van der Waals surface area contributed by atoms with E-state index in [1.54, 1.807) is 0 Å². The van der Waals surface area contributed by atoms with Crippen molar-refractivity contribution in [3.8, 4) is 0 Å². The lowest BCUT2D eigenvalue weighted by Gasteiger charge is -2.02. The summed E-state index contributed by atoms with van der Waals surface area (Å²) in [6.07, 6.45) is 69.9. The molecule has 0 aliphatic carbocycles. The molecule has 0 saturated heterocycles. The molecular weight excluding hydrogens is 1190 g/mol. The van der Waals surface area contributed by atoms with Crippen molar-refractivity contribution in [2.45, 2.75) is 290 Å². The number of urea groups is 5. The molecule has 0 atom stereocenters. The molecule has 0 rings (SSSR count). The molecule has 30 nitrogen and oxygen atoms in total. The van der Waals surface area contributed by atoms with Gasteiger partial charge in [-0.1, -0.05) is 241 Å². The maximum absolute atomic E-state index is 10.5. The minimum Gasteiger partial charge on any atom is -0.352 e. The second-order valence-electron chi connectivity index (χ2n) is 20.7. The fourth-order valence-corrected chi connectivity index (χ4v) is 7.74. The first-order chi connectivity index (χ1) is 42.7. The zero-order valence-corrected chi connectivity index (χ0v) is 56.0. The number of nitro groups is 2. The van der Waals surface area contributed by atoms with Crippen molar-refractivity contribution in [3.63, 3.8) is 0 Å². The van der Waals surface area contributed by atoms with Crippen LogP contribution in [0.4, 0.5) is 24.0 Å². The highest BCUT2D eigenvalue weighted by Crippen LogP contribution is 2.13. The fraction of sp³-hybridized carbons (Fsp3) is 0.814. The maximum atomic E-state index is 10.5. The van der Waals surface area contributed by atoms with Crippen molar-refractivity contribution in [2.24, 2.45) is 40.1 Å². The average molecular weight is 1320 g/mol. The first-order valence-corrected chi connectivity index (χ1v) is 33.8. The smallest absolute Gasteiger partial charge is 0.352 e. The van der Waals surface area contributed by atoms with E-state index < -0.39 is 55.7 Å². The number of hydrazine groups is 2. The van der Waals surface area contributed by atoms with Gasteiger partial charge in [-0.15, -0.1) is 10.1 Å². The molecule has 0 saturated carbocycles. The van der Waals surface area contributed by atoms with E-state index >= 15 is 0 Å². The number of nitrogens with zero attached hydrogens (tertiary/aromatic N) is 3. The fourth-order valence-electron chi connectivity index (χ4n) is 7.74. The number of unbranched alkanes of at least 4 members (excludes halogenated alkanes) is 36. The summed E-state index contributed by atoms with van der Waals surface area (Å²) < 4.78 is 31.6. The third-order valence-electron chi connectivity index (χ3n) is 12.1. The van der Waals surface area contributed by atoms with Crippen LogP contribution in [0.15, 0.2) is 36.5 Å². The van der Waals surface area contributed by atoms with Crippen LogP contribution in [0.2, 0.25) is 0 Å². The van der Waals surface area contributed by atoms with Crippen LogP contribution in [0.1, 0.15) is 290 Å². The molecule has 90 heavy (non-hydrogen) atoms. The Morgan fingerprint density at radius 1 is 0.367 bits per heavy atom. The number of carbonyl (C=O) groups is 5. The number of nitrogens with one attached hydrogen (secondary N) is 4. The van der Waals surface area contributed by atoms with Gasteiger partial charge in [0.15, 0.2) is 10.1 Å². The summed E-state index contributed by atoms with van der Waals surface area (Å²) in [5, 5.41) is 35.2. The molecule has 0 unspecified atom stereocenters. The predicted octanol–water partition coefficient (Wildman–Crippen LogP) is 13.1. The van der Waals surface area contributed by atoms with Gasteiger partial charge in [0.05, 0.1) is 0 Å². The van der Waals surface area contributed by atoms with E-state index in [1.165, 1.54) is 268 Å². The summed E-state index contributed by atoms with van der Waals surface area (Å²) >= 11 is 0. The molecule has 0 aliphatic rings. The van der Waals surface area contributed by atoms with Gasteiger partial charge in [-0.3, -0.25) is 9.11 Å². The Kier molecular flexibility index (Phi) is 98.3. The maximum Gasteiger partial charge on any atom is 0.394 e. The van der Waals surface area contributed by atoms with Crippen LogP contribution in [0.5, 0.6) is 0 Å². The standard InChI is InChI=1S/2C19H38N2O.C18H37N.2CH3N3O3.CH4N2O.HNO3.H2O4S/c2*1-2-3-4-5-6-7-8-9-10-11-12-13-14-15-16-17-18-21-19(20)22;1-2-3-4-5-6-7-8-9-10-11-12-13-14-15-16-17-18-19;2*2-1(5)3-4(6)7;2*2-1(3)4;1-5(2,3)4/h2*9-10H,2-8,11-18H2,1H3,(H3,20,21,22);9-10H,2-8,11-19H2,1H3;2*(H3,2,3,5);(H4,2,3,4);(H,2,3,4);(H2,1,2,3,4)/b3*10-9-;;;;;. The second-order valence-corrected chi connectivity index (χ2v) is 21.6. The van der Waals surface area contributed by atoms with Crippen molar-refractivity contribution in [1.29, 1.82) is 0 Å². The molecule has 0 aromatic heterocycles. The van der Waals surface area contributed by atoms with Crippen LogP contribution in [0.25, 0.3) is 0 Å². The predicted molar refractivity (Wildman–Crippen MR) is 359 cm³/mol. The molecule has 534 valence electrons. The molecule has 0 aromatic rings. The molecule has 0 heterocycles.